The van der Waals surface area contributed by atoms with E-state index in [2.05, 4.69) is 15.9 Å². The van der Waals surface area contributed by atoms with Gasteiger partial charge in [0.25, 0.3) is 0 Å². The Morgan fingerprint density at radius 3 is 2.83 bits per heavy atom. The quantitative estimate of drug-likeness (QED) is 0.527. The summed E-state index contributed by atoms with van der Waals surface area (Å²) >= 11 is 3.24. The van der Waals surface area contributed by atoms with Gasteiger partial charge in [-0.2, -0.15) is 0 Å². The minimum Gasteiger partial charge on any atom is -0.465 e. The molecule has 0 aromatic carbocycles. The number of rotatable bonds is 7. The fourth-order valence-corrected chi connectivity index (χ4v) is 2.43. The normalized spacial score (nSPS) is 24.7. The number of carbonyl (C=O) groups is 2. The molecule has 6 heteroatoms. The number of ether oxygens (including phenoxy) is 3. The molecule has 1 saturated heterocycles. The Hall–Kier alpha value is -0.620. The zero-order valence-corrected chi connectivity index (χ0v) is 12.3. The standard InChI is InChI=1S/C12H19BrO5/c1-3-16-7-9-5-8(11(14)18-9)6-10(13)12(15)17-4-2/h8-10H,3-7H2,1-2H3. The van der Waals surface area contributed by atoms with Gasteiger partial charge in [-0.15, -0.1) is 0 Å². The van der Waals surface area contributed by atoms with E-state index < -0.39 is 4.83 Å². The molecule has 5 nitrogen and oxygen atoms in total. The molecule has 1 fully saturated rings. The third kappa shape index (κ3) is 4.57. The Morgan fingerprint density at radius 2 is 2.22 bits per heavy atom. The molecule has 18 heavy (non-hydrogen) atoms. The zero-order chi connectivity index (χ0) is 13.5. The highest BCUT2D eigenvalue weighted by Crippen LogP contribution is 2.28. The molecule has 0 bridgehead atoms. The second kappa shape index (κ2) is 7.74. The van der Waals surface area contributed by atoms with Gasteiger partial charge in [0.2, 0.25) is 0 Å². The Balaban J connectivity index is 2.38. The number of carbonyl (C=O) groups excluding carboxylic acids is 2. The van der Waals surface area contributed by atoms with Crippen LogP contribution in [0, 0.1) is 5.92 Å². The van der Waals surface area contributed by atoms with E-state index in [0.29, 0.717) is 32.7 Å². The maximum absolute atomic E-state index is 11.6. The summed E-state index contributed by atoms with van der Waals surface area (Å²) in [7, 11) is 0. The van der Waals surface area contributed by atoms with Crippen LogP contribution in [0.15, 0.2) is 0 Å². The molecule has 1 aliphatic rings. The second-order valence-electron chi connectivity index (χ2n) is 4.11. The van der Waals surface area contributed by atoms with Crippen LogP contribution in [-0.2, 0) is 23.8 Å². The van der Waals surface area contributed by atoms with E-state index in [1.54, 1.807) is 6.92 Å². The van der Waals surface area contributed by atoms with E-state index in [-0.39, 0.29) is 24.0 Å². The molecular weight excluding hydrogens is 304 g/mol. The van der Waals surface area contributed by atoms with Gasteiger partial charge in [-0.3, -0.25) is 9.59 Å². The maximum Gasteiger partial charge on any atom is 0.319 e. The van der Waals surface area contributed by atoms with Gasteiger partial charge in [0, 0.05) is 6.61 Å². The molecule has 0 saturated carbocycles. The summed E-state index contributed by atoms with van der Waals surface area (Å²) in [5.74, 6) is -0.851. The van der Waals surface area contributed by atoms with Crippen molar-refractivity contribution in [3.05, 3.63) is 0 Å². The first kappa shape index (κ1) is 15.4. The Bertz CT molecular complexity index is 294. The van der Waals surface area contributed by atoms with Crippen LogP contribution in [0.3, 0.4) is 0 Å². The fourth-order valence-electron chi connectivity index (χ4n) is 1.84. The highest BCUT2D eigenvalue weighted by Gasteiger charge is 2.37. The van der Waals surface area contributed by atoms with Gasteiger partial charge in [-0.25, -0.2) is 0 Å². The number of alkyl halides is 1. The van der Waals surface area contributed by atoms with Crippen molar-refractivity contribution in [2.75, 3.05) is 19.8 Å². The van der Waals surface area contributed by atoms with Gasteiger partial charge < -0.3 is 14.2 Å². The summed E-state index contributed by atoms with van der Waals surface area (Å²) in [5.41, 5.74) is 0. The van der Waals surface area contributed by atoms with E-state index in [4.69, 9.17) is 14.2 Å². The lowest BCUT2D eigenvalue weighted by molar-refractivity contribution is -0.146. The SMILES string of the molecule is CCOCC1CC(CC(Br)C(=O)OCC)C(=O)O1. The van der Waals surface area contributed by atoms with Gasteiger partial charge >= 0.3 is 11.9 Å². The number of cyclic esters (lactones) is 1. The minimum atomic E-state index is -0.458. The average molecular weight is 323 g/mol. The van der Waals surface area contributed by atoms with E-state index in [0.717, 1.165) is 0 Å². The first-order valence-corrected chi connectivity index (χ1v) is 7.08. The van der Waals surface area contributed by atoms with Crippen molar-refractivity contribution in [3.8, 4) is 0 Å². The van der Waals surface area contributed by atoms with Gasteiger partial charge in [0.1, 0.15) is 10.9 Å². The molecule has 104 valence electrons. The van der Waals surface area contributed by atoms with Crippen molar-refractivity contribution >= 4 is 27.9 Å². The molecule has 0 radical (unpaired) electrons. The molecule has 1 rings (SSSR count). The first-order chi connectivity index (χ1) is 8.58. The number of hydrogen-bond donors (Lipinski definition) is 0. The van der Waals surface area contributed by atoms with Gasteiger partial charge in [0.15, 0.2) is 0 Å². The number of halogens is 1. The summed E-state index contributed by atoms with van der Waals surface area (Å²) in [4.78, 5) is 22.6. The monoisotopic (exact) mass is 322 g/mol. The van der Waals surface area contributed by atoms with Crippen LogP contribution in [0.25, 0.3) is 0 Å². The minimum absolute atomic E-state index is 0.190. The summed E-state index contributed by atoms with van der Waals surface area (Å²) < 4.78 is 15.3. The predicted molar refractivity (Wildman–Crippen MR) is 68.4 cm³/mol. The molecule has 0 aliphatic carbocycles. The molecule has 1 aliphatic heterocycles. The van der Waals surface area contributed by atoms with Crippen LogP contribution in [0.2, 0.25) is 0 Å². The van der Waals surface area contributed by atoms with Gasteiger partial charge in [-0.1, -0.05) is 15.9 Å². The lowest BCUT2D eigenvalue weighted by Crippen LogP contribution is -2.22. The molecule has 3 unspecified atom stereocenters. The molecule has 0 aromatic heterocycles. The maximum atomic E-state index is 11.6. The first-order valence-electron chi connectivity index (χ1n) is 6.17. The lowest BCUT2D eigenvalue weighted by Gasteiger charge is -2.11. The van der Waals surface area contributed by atoms with E-state index in [1.165, 1.54) is 0 Å². The van der Waals surface area contributed by atoms with Crippen molar-refractivity contribution in [1.29, 1.82) is 0 Å². The Labute approximate surface area is 115 Å². The zero-order valence-electron chi connectivity index (χ0n) is 10.7. The molecular formula is C12H19BrO5. The molecule has 0 aromatic rings. The second-order valence-corrected chi connectivity index (χ2v) is 5.21. The summed E-state index contributed by atoms with van der Waals surface area (Å²) in [5, 5.41) is 0. The van der Waals surface area contributed by atoms with E-state index in [1.807, 2.05) is 6.92 Å². The smallest absolute Gasteiger partial charge is 0.319 e. The van der Waals surface area contributed by atoms with E-state index >= 15 is 0 Å². The van der Waals surface area contributed by atoms with Crippen molar-refractivity contribution in [2.24, 2.45) is 5.92 Å². The van der Waals surface area contributed by atoms with Crippen molar-refractivity contribution in [3.63, 3.8) is 0 Å². The summed E-state index contributed by atoms with van der Waals surface area (Å²) in [6.45, 7) is 5.00. The molecule has 0 amide bonds. The molecule has 0 spiro atoms. The Morgan fingerprint density at radius 1 is 1.50 bits per heavy atom. The van der Waals surface area contributed by atoms with Crippen molar-refractivity contribution in [2.45, 2.75) is 37.6 Å². The lowest BCUT2D eigenvalue weighted by atomic mass is 9.99. The molecule has 1 heterocycles. The Kier molecular flexibility index (Phi) is 6.63. The number of hydrogen-bond acceptors (Lipinski definition) is 5. The third-order valence-electron chi connectivity index (χ3n) is 2.71. The van der Waals surface area contributed by atoms with Crippen molar-refractivity contribution in [1.82, 2.24) is 0 Å². The third-order valence-corrected chi connectivity index (χ3v) is 3.45. The highest BCUT2D eigenvalue weighted by atomic mass is 79.9. The van der Waals surface area contributed by atoms with Crippen LogP contribution < -0.4 is 0 Å². The van der Waals surface area contributed by atoms with Crippen molar-refractivity contribution < 1.29 is 23.8 Å². The van der Waals surface area contributed by atoms with E-state index in [9.17, 15) is 9.59 Å². The molecule has 0 N–H and O–H groups in total. The topological polar surface area (TPSA) is 61.8 Å². The highest BCUT2D eigenvalue weighted by molar-refractivity contribution is 9.10. The number of esters is 2. The molecule has 3 atom stereocenters. The van der Waals surface area contributed by atoms with Crippen LogP contribution >= 0.6 is 15.9 Å². The van der Waals surface area contributed by atoms with Crippen LogP contribution in [0.5, 0.6) is 0 Å². The summed E-state index contributed by atoms with van der Waals surface area (Å²) in [6.07, 6.45) is 0.810. The summed E-state index contributed by atoms with van der Waals surface area (Å²) in [6, 6.07) is 0. The van der Waals surface area contributed by atoms with Gasteiger partial charge in [-0.05, 0) is 26.7 Å². The fraction of sp³-hybridized carbons (Fsp3) is 0.833. The van der Waals surface area contributed by atoms with Gasteiger partial charge in [0.05, 0.1) is 19.1 Å². The van der Waals surface area contributed by atoms with Crippen LogP contribution in [0.1, 0.15) is 26.7 Å². The van der Waals surface area contributed by atoms with Crippen LogP contribution in [0.4, 0.5) is 0 Å². The van der Waals surface area contributed by atoms with Crippen LogP contribution in [-0.4, -0.2) is 42.7 Å². The predicted octanol–water partition coefficient (Wildman–Crippen LogP) is 1.67. The average Bonchev–Trinajstić information content (AvgIpc) is 2.67. The largest absolute Gasteiger partial charge is 0.465 e.